The summed E-state index contributed by atoms with van der Waals surface area (Å²) >= 11 is 11.7. The van der Waals surface area contributed by atoms with E-state index in [1.807, 2.05) is 6.92 Å². The summed E-state index contributed by atoms with van der Waals surface area (Å²) in [4.78, 5) is 38.5. The Morgan fingerprint density at radius 3 is 1.20 bits per heavy atom. The molecule has 0 aliphatic heterocycles. The molecule has 0 fully saturated rings. The molecule has 0 N–H and O–H groups in total. The molecule has 0 aromatic heterocycles. The van der Waals surface area contributed by atoms with Gasteiger partial charge in [0.15, 0.2) is 0 Å². The van der Waals surface area contributed by atoms with Crippen molar-refractivity contribution < 1.29 is 28.6 Å². The van der Waals surface area contributed by atoms with Crippen LogP contribution < -0.4 is 0 Å². The second-order valence-corrected chi connectivity index (χ2v) is 28.1. The van der Waals surface area contributed by atoms with E-state index in [0.29, 0.717) is 37.6 Å². The van der Waals surface area contributed by atoms with E-state index in [-0.39, 0.29) is 40.5 Å². The Balaban J connectivity index is 5.12. The molecule has 259 valence electrons. The van der Waals surface area contributed by atoms with Gasteiger partial charge in [-0.05, 0) is 0 Å². The number of esters is 3. The van der Waals surface area contributed by atoms with Gasteiger partial charge in [-0.1, -0.05) is 0 Å². The number of hydrogen-bond acceptors (Lipinski definition) is 9. The fourth-order valence-electron chi connectivity index (χ4n) is 4.87. The summed E-state index contributed by atoms with van der Waals surface area (Å²) in [5.74, 6) is 0.658. The molecule has 0 aliphatic rings. The van der Waals surface area contributed by atoms with E-state index < -0.39 is 25.7 Å². The van der Waals surface area contributed by atoms with Crippen LogP contribution in [0.4, 0.5) is 0 Å². The number of hydrogen-bond donors (Lipinski definition) is 3. The zero-order chi connectivity index (χ0) is 33.5. The van der Waals surface area contributed by atoms with Gasteiger partial charge in [0.2, 0.25) is 0 Å². The number of thiol groups is 3. The van der Waals surface area contributed by atoms with Crippen LogP contribution in [-0.2, 0) is 28.6 Å². The van der Waals surface area contributed by atoms with Crippen molar-refractivity contribution in [3.8, 4) is 0 Å². The van der Waals surface area contributed by atoms with Gasteiger partial charge in [-0.2, -0.15) is 0 Å². The molecule has 0 bridgehead atoms. The van der Waals surface area contributed by atoms with Crippen molar-refractivity contribution in [2.24, 2.45) is 23.7 Å². The van der Waals surface area contributed by atoms with E-state index in [2.05, 4.69) is 41.5 Å². The predicted octanol–water partition coefficient (Wildman–Crippen LogP) is 8.69. The molecule has 4 atom stereocenters. The van der Waals surface area contributed by atoms with E-state index in [4.69, 9.17) is 52.1 Å². The SMILES string of the molecule is CC(C)CCCCCOC(=O)C[CH](S)[Sn]([CH](S)CC(=O)OCCCCCC(C)C)[CH](S)C(C)C(=O)OCCCCCC(C)C. The van der Waals surface area contributed by atoms with Crippen molar-refractivity contribution in [2.75, 3.05) is 19.8 Å². The van der Waals surface area contributed by atoms with Gasteiger partial charge >= 0.3 is 296 Å². The summed E-state index contributed by atoms with van der Waals surface area (Å²) in [5.41, 5.74) is 0. The summed E-state index contributed by atoms with van der Waals surface area (Å²) in [6, 6.07) is 0. The minimum atomic E-state index is -2.99. The van der Waals surface area contributed by atoms with Crippen molar-refractivity contribution in [3.63, 3.8) is 0 Å². The van der Waals surface area contributed by atoms with E-state index in [1.54, 1.807) is 0 Å². The first-order valence-electron chi connectivity index (χ1n) is 17.1. The second kappa shape index (κ2) is 27.2. The van der Waals surface area contributed by atoms with Gasteiger partial charge in [-0.3, -0.25) is 0 Å². The van der Waals surface area contributed by atoms with Crippen LogP contribution in [-0.4, -0.2) is 67.3 Å². The zero-order valence-corrected chi connectivity index (χ0v) is 34.4. The summed E-state index contributed by atoms with van der Waals surface area (Å²) in [7, 11) is 0. The Bertz CT molecular complexity index is 727. The first-order valence-corrected chi connectivity index (χ1v) is 23.6. The maximum absolute atomic E-state index is 13.0. The van der Waals surface area contributed by atoms with Gasteiger partial charge in [0.1, 0.15) is 0 Å². The van der Waals surface area contributed by atoms with Gasteiger partial charge < -0.3 is 0 Å². The fraction of sp³-hybridized carbons (Fsp3) is 0.912. The normalized spacial score (nSPS) is 14.6. The Kier molecular flexibility index (Phi) is 27.4. The Labute approximate surface area is 294 Å². The van der Waals surface area contributed by atoms with Crippen molar-refractivity contribution in [2.45, 2.75) is 148 Å². The third-order valence-corrected chi connectivity index (χ3v) is 23.5. The third-order valence-electron chi connectivity index (χ3n) is 7.72. The first kappa shape index (κ1) is 44.3. The molecule has 6 nitrogen and oxygen atoms in total. The zero-order valence-electron chi connectivity index (χ0n) is 28.9. The molecule has 44 heavy (non-hydrogen) atoms. The molecule has 1 radical (unpaired) electrons. The second-order valence-electron chi connectivity index (χ2n) is 13.5. The number of rotatable bonds is 27. The van der Waals surface area contributed by atoms with Crippen molar-refractivity contribution in [1.29, 1.82) is 0 Å². The summed E-state index contributed by atoms with van der Waals surface area (Å²) < 4.78 is 15.7. The Hall–Kier alpha value is 0.259. The topological polar surface area (TPSA) is 78.9 Å². The molecule has 0 aliphatic carbocycles. The average molecular weight is 785 g/mol. The Morgan fingerprint density at radius 2 is 0.864 bits per heavy atom. The maximum atomic E-state index is 13.0. The van der Waals surface area contributed by atoms with Crippen LogP contribution >= 0.6 is 37.9 Å². The van der Waals surface area contributed by atoms with Crippen LogP contribution in [0, 0.1) is 23.7 Å². The molecule has 0 spiro atoms. The quantitative estimate of drug-likeness (QED) is 0.0255. The van der Waals surface area contributed by atoms with Gasteiger partial charge in [0, 0.05) is 0 Å². The van der Waals surface area contributed by atoms with Crippen LogP contribution in [0.5, 0.6) is 0 Å². The van der Waals surface area contributed by atoms with E-state index >= 15 is 0 Å². The van der Waals surface area contributed by atoms with Crippen LogP contribution in [0.25, 0.3) is 0 Å². The fourth-order valence-corrected chi connectivity index (χ4v) is 22.5. The van der Waals surface area contributed by atoms with Crippen molar-refractivity contribution >= 4 is 75.6 Å². The molecule has 0 aromatic rings. The van der Waals surface area contributed by atoms with E-state index in [9.17, 15) is 14.4 Å². The third kappa shape index (κ3) is 23.6. The van der Waals surface area contributed by atoms with Crippen LogP contribution in [0.15, 0.2) is 0 Å². The van der Waals surface area contributed by atoms with Crippen molar-refractivity contribution in [1.82, 2.24) is 0 Å². The van der Waals surface area contributed by atoms with Gasteiger partial charge in [-0.25, -0.2) is 0 Å². The Morgan fingerprint density at radius 1 is 0.523 bits per heavy atom. The predicted molar refractivity (Wildman–Crippen MR) is 195 cm³/mol. The van der Waals surface area contributed by atoms with Crippen LogP contribution in [0.1, 0.15) is 138 Å². The molecule has 0 heterocycles. The molecule has 10 heteroatoms. The minimum absolute atomic E-state index is 0.126. The number of ether oxygens (including phenoxy) is 3. The van der Waals surface area contributed by atoms with Crippen LogP contribution in [0.3, 0.4) is 0 Å². The molecule has 0 saturated heterocycles. The number of carbonyl (C=O) groups excluding carboxylic acids is 3. The molecule has 0 amide bonds. The van der Waals surface area contributed by atoms with Gasteiger partial charge in [0.05, 0.1) is 0 Å². The summed E-state index contributed by atoms with van der Waals surface area (Å²) in [6.07, 6.45) is 12.8. The first-order chi connectivity index (χ1) is 20.8. The average Bonchev–Trinajstić information content (AvgIpc) is 2.93. The van der Waals surface area contributed by atoms with E-state index in [1.165, 1.54) is 19.3 Å². The molecule has 4 unspecified atom stereocenters. The molecule has 0 saturated carbocycles. The van der Waals surface area contributed by atoms with Crippen LogP contribution in [0.2, 0.25) is 0 Å². The summed E-state index contributed by atoms with van der Waals surface area (Å²) in [5, 5.41) is 0. The number of carbonyl (C=O) groups is 3. The van der Waals surface area contributed by atoms with Gasteiger partial charge in [0.25, 0.3) is 0 Å². The molecular weight excluding hydrogens is 719 g/mol. The standard InChI is InChI=1S/C12H23O2S.2C11H21O2S.Sn/c1-10(2)7-5-4-6-8-14-12(13)11(3)9-15;2*1-10(2)6-4-3-5-8-13-11(12)7-9-14;/h9-11,15H,4-8H2,1-3H3;2*9-10,14H,3-8H2,1-2H3;. The monoisotopic (exact) mass is 785 g/mol. The van der Waals surface area contributed by atoms with Gasteiger partial charge in [-0.15, -0.1) is 0 Å². The molecule has 0 aromatic carbocycles. The molecule has 0 rings (SSSR count). The van der Waals surface area contributed by atoms with Crippen molar-refractivity contribution in [3.05, 3.63) is 0 Å². The molecular formula is C34H65O6S3Sn. The number of unbranched alkanes of at least 4 members (excludes halogenated alkanes) is 6. The van der Waals surface area contributed by atoms with E-state index in [0.717, 1.165) is 57.8 Å². The summed E-state index contributed by atoms with van der Waals surface area (Å²) in [6.45, 7) is 16.3.